The molecule has 11 nitrogen and oxygen atoms in total. The number of carbonyl (C=O) groups is 4. The monoisotopic (exact) mass is 546 g/mol. The smallest absolute Gasteiger partial charge is 0.328 e. The van der Waals surface area contributed by atoms with Crippen molar-refractivity contribution >= 4 is 46.9 Å². The van der Waals surface area contributed by atoms with Crippen molar-refractivity contribution in [3.63, 3.8) is 0 Å². The second-order valence-corrected chi connectivity index (χ2v) is 11.2. The van der Waals surface area contributed by atoms with Crippen molar-refractivity contribution in [3.05, 3.63) is 38.3 Å². The predicted molar refractivity (Wildman–Crippen MR) is 135 cm³/mol. The third kappa shape index (κ3) is 4.29. The summed E-state index contributed by atoms with van der Waals surface area (Å²) in [6.45, 7) is 3.13. The van der Waals surface area contributed by atoms with Crippen molar-refractivity contribution in [1.82, 2.24) is 14.4 Å². The molecule has 13 heteroatoms. The lowest BCUT2D eigenvalue weighted by atomic mass is 9.83. The minimum Gasteiger partial charge on any atom is -0.504 e. The number of hydrogen-bond donors (Lipinski definition) is 2. The molecule has 1 aromatic carbocycles. The maximum Gasteiger partial charge on any atom is 0.328 e. The molecule has 3 N–H and O–H groups in total. The summed E-state index contributed by atoms with van der Waals surface area (Å²) in [5.74, 6) is -3.37. The number of aromatic nitrogens is 1. The van der Waals surface area contributed by atoms with Gasteiger partial charge in [0.15, 0.2) is 11.5 Å². The number of rotatable bonds is 5. The van der Waals surface area contributed by atoms with E-state index in [0.29, 0.717) is 33.5 Å². The zero-order valence-electron chi connectivity index (χ0n) is 20.0. The van der Waals surface area contributed by atoms with Gasteiger partial charge in [0, 0.05) is 23.9 Å². The Labute approximate surface area is 220 Å². The van der Waals surface area contributed by atoms with Gasteiger partial charge in [-0.1, -0.05) is 29.2 Å². The standard InChI is InChI=1S/C24H26N4O7S2/c1-2-35-14-10-12(6-7-13(14)29)16-17-18(21(32)28(20(17)31)23(25)33)36-22-19(16)37-24(34)27(22)11-15(30)26-8-4-3-5-9-26/h6-7,10,16-18,29H,2-5,8-9,11H2,1H3,(H2,25,33)/t16-,17?,18?/m0/s1. The average molecular weight is 547 g/mol. The van der Waals surface area contributed by atoms with E-state index in [9.17, 15) is 29.1 Å². The van der Waals surface area contributed by atoms with Crippen LogP contribution in [0.2, 0.25) is 0 Å². The normalized spacial score (nSPS) is 23.1. The Kier molecular flexibility index (Phi) is 6.75. The van der Waals surface area contributed by atoms with Crippen molar-refractivity contribution in [2.45, 2.75) is 48.9 Å². The number of fused-ring (bicyclic) bond motifs is 2. The Hall–Kier alpha value is -3.32. The number of carbonyl (C=O) groups excluding carboxylic acids is 4. The van der Waals surface area contributed by atoms with E-state index >= 15 is 0 Å². The summed E-state index contributed by atoms with van der Waals surface area (Å²) in [5.41, 5.74) is 5.89. The van der Waals surface area contributed by atoms with Gasteiger partial charge in [-0.3, -0.25) is 23.7 Å². The van der Waals surface area contributed by atoms with E-state index in [-0.39, 0.29) is 35.4 Å². The van der Waals surface area contributed by atoms with Gasteiger partial charge in [-0.2, -0.15) is 4.90 Å². The number of amides is 5. The molecule has 2 fully saturated rings. The highest BCUT2D eigenvalue weighted by Gasteiger charge is 2.58. The molecular weight excluding hydrogens is 520 g/mol. The lowest BCUT2D eigenvalue weighted by Gasteiger charge is -2.31. The molecule has 37 heavy (non-hydrogen) atoms. The van der Waals surface area contributed by atoms with E-state index < -0.39 is 34.9 Å². The van der Waals surface area contributed by atoms with Gasteiger partial charge in [0.25, 0.3) is 5.91 Å². The number of aromatic hydroxyl groups is 1. The molecule has 3 aliphatic heterocycles. The number of piperidine rings is 1. The molecular formula is C24H26N4O7S2. The van der Waals surface area contributed by atoms with Gasteiger partial charge < -0.3 is 20.5 Å². The molecule has 1 aromatic heterocycles. The van der Waals surface area contributed by atoms with Crippen LogP contribution in [0, 0.1) is 5.92 Å². The number of hydrogen-bond acceptors (Lipinski definition) is 9. The lowest BCUT2D eigenvalue weighted by Crippen LogP contribution is -2.41. The van der Waals surface area contributed by atoms with Crippen LogP contribution >= 0.6 is 23.1 Å². The van der Waals surface area contributed by atoms with Gasteiger partial charge in [0.2, 0.25) is 11.8 Å². The number of benzene rings is 1. The maximum atomic E-state index is 13.3. The van der Waals surface area contributed by atoms with E-state index in [0.717, 1.165) is 42.4 Å². The Bertz CT molecular complexity index is 1350. The summed E-state index contributed by atoms with van der Waals surface area (Å²) in [6.07, 6.45) is 2.87. The topological polar surface area (TPSA) is 152 Å². The minimum absolute atomic E-state index is 0.0990. The van der Waals surface area contributed by atoms with Crippen LogP contribution in [0.25, 0.3) is 0 Å². The van der Waals surface area contributed by atoms with Crippen LogP contribution in [-0.4, -0.2) is 68.2 Å². The molecule has 2 aromatic rings. The van der Waals surface area contributed by atoms with E-state index in [1.54, 1.807) is 24.0 Å². The number of thioether (sulfide) groups is 1. The fourth-order valence-electron chi connectivity index (χ4n) is 5.21. The van der Waals surface area contributed by atoms with Crippen molar-refractivity contribution in [1.29, 1.82) is 0 Å². The van der Waals surface area contributed by atoms with Crippen molar-refractivity contribution < 1.29 is 29.0 Å². The zero-order chi connectivity index (χ0) is 26.4. The number of imide groups is 3. The van der Waals surface area contributed by atoms with Crippen molar-refractivity contribution in [3.8, 4) is 11.5 Å². The van der Waals surface area contributed by atoms with E-state index in [1.807, 2.05) is 0 Å². The number of thiazole rings is 1. The number of nitrogens with zero attached hydrogens (tertiary/aromatic N) is 3. The lowest BCUT2D eigenvalue weighted by molar-refractivity contribution is -0.136. The van der Waals surface area contributed by atoms with Crippen LogP contribution in [0.5, 0.6) is 11.5 Å². The average Bonchev–Trinajstić information content (AvgIpc) is 3.32. The number of nitrogens with two attached hydrogens (primary N) is 1. The summed E-state index contributed by atoms with van der Waals surface area (Å²) in [4.78, 5) is 67.0. The number of phenolic OH excluding ortho intramolecular Hbond substituents is 1. The second kappa shape index (κ2) is 9.86. The maximum absolute atomic E-state index is 13.3. The first kappa shape index (κ1) is 25.3. The minimum atomic E-state index is -1.16. The molecule has 0 saturated carbocycles. The van der Waals surface area contributed by atoms with Gasteiger partial charge in [-0.15, -0.1) is 0 Å². The van der Waals surface area contributed by atoms with Crippen molar-refractivity contribution in [2.24, 2.45) is 11.7 Å². The highest BCUT2D eigenvalue weighted by molar-refractivity contribution is 8.00. The fraction of sp³-hybridized carbons (Fsp3) is 0.458. The van der Waals surface area contributed by atoms with Crippen LogP contribution < -0.4 is 15.3 Å². The third-order valence-corrected chi connectivity index (χ3v) is 9.52. The molecule has 2 saturated heterocycles. The first-order valence-corrected chi connectivity index (χ1v) is 13.7. The number of primary amides is 1. The summed E-state index contributed by atoms with van der Waals surface area (Å²) in [7, 11) is 0. The van der Waals surface area contributed by atoms with Gasteiger partial charge in [0.1, 0.15) is 11.8 Å². The number of urea groups is 1. The SMILES string of the molecule is CCOc1cc([C@@H]2c3sc(=O)n(CC(=O)N4CCCCC4)c3SC3C(=O)N(C(N)=O)C(=O)C32)ccc1O. The quantitative estimate of drug-likeness (QED) is 0.538. The van der Waals surface area contributed by atoms with E-state index in [4.69, 9.17) is 10.5 Å². The molecule has 3 atom stereocenters. The molecule has 3 aliphatic rings. The Morgan fingerprint density at radius 3 is 2.54 bits per heavy atom. The fourth-order valence-corrected chi connectivity index (χ4v) is 7.98. The third-order valence-electron chi connectivity index (χ3n) is 6.91. The first-order chi connectivity index (χ1) is 17.7. The number of phenols is 1. The number of ether oxygens (including phenoxy) is 1. The number of likely N-dealkylation sites (tertiary alicyclic amines) is 2. The second-order valence-electron chi connectivity index (χ2n) is 9.12. The van der Waals surface area contributed by atoms with E-state index in [1.165, 1.54) is 10.6 Å². The first-order valence-electron chi connectivity index (χ1n) is 12.0. The summed E-state index contributed by atoms with van der Waals surface area (Å²) >= 11 is 1.92. The largest absolute Gasteiger partial charge is 0.504 e. The van der Waals surface area contributed by atoms with Crippen LogP contribution in [0.15, 0.2) is 28.0 Å². The molecule has 5 rings (SSSR count). The molecule has 0 aliphatic carbocycles. The summed E-state index contributed by atoms with van der Waals surface area (Å²) in [6, 6.07) is 3.42. The van der Waals surface area contributed by atoms with Gasteiger partial charge in [-0.05, 0) is 43.9 Å². The molecule has 2 unspecified atom stereocenters. The molecule has 0 bridgehead atoms. The predicted octanol–water partition coefficient (Wildman–Crippen LogP) is 1.70. The summed E-state index contributed by atoms with van der Waals surface area (Å²) < 4.78 is 6.88. The molecule has 5 amide bonds. The zero-order valence-corrected chi connectivity index (χ0v) is 21.7. The molecule has 0 radical (unpaired) electrons. The Morgan fingerprint density at radius 2 is 1.86 bits per heavy atom. The Balaban J connectivity index is 1.61. The molecule has 0 spiro atoms. The highest BCUT2D eigenvalue weighted by Crippen LogP contribution is 2.53. The Morgan fingerprint density at radius 1 is 1.14 bits per heavy atom. The van der Waals surface area contributed by atoms with Crippen molar-refractivity contribution in [2.75, 3.05) is 19.7 Å². The van der Waals surface area contributed by atoms with Gasteiger partial charge in [-0.25, -0.2) is 4.79 Å². The van der Waals surface area contributed by atoms with Gasteiger partial charge >= 0.3 is 10.9 Å². The van der Waals surface area contributed by atoms with Crippen LogP contribution in [0.4, 0.5) is 4.79 Å². The van der Waals surface area contributed by atoms with Crippen LogP contribution in [0.1, 0.15) is 42.5 Å². The van der Waals surface area contributed by atoms with Gasteiger partial charge in [0.05, 0.1) is 17.6 Å². The van der Waals surface area contributed by atoms with Crippen LogP contribution in [0.3, 0.4) is 0 Å². The van der Waals surface area contributed by atoms with Crippen LogP contribution in [-0.2, 0) is 20.9 Å². The summed E-state index contributed by atoms with van der Waals surface area (Å²) in [5, 5.41) is 9.63. The molecule has 4 heterocycles. The highest BCUT2D eigenvalue weighted by atomic mass is 32.2. The molecule has 196 valence electrons. The van der Waals surface area contributed by atoms with E-state index in [2.05, 4.69) is 0 Å².